The lowest BCUT2D eigenvalue weighted by atomic mass is 9.99. The Balaban J connectivity index is 2.30. The number of allylic oxidation sites excluding steroid dienone is 8. The molecule has 0 aromatic heterocycles. The number of aliphatic hydroxyl groups excluding tert-OH is 3. The summed E-state index contributed by atoms with van der Waals surface area (Å²) in [5.41, 5.74) is 0. The summed E-state index contributed by atoms with van der Waals surface area (Å²) in [7, 11) is -5.07. The van der Waals surface area contributed by atoms with Crippen molar-refractivity contribution in [3.05, 3.63) is 48.6 Å². The Morgan fingerprint density at radius 3 is 1.39 bits per heavy atom. The second-order valence-corrected chi connectivity index (χ2v) is 20.6. The molecule has 6 atom stereocenters. The second kappa shape index (κ2) is 48.0. The van der Waals surface area contributed by atoms with Crippen molar-refractivity contribution in [3.8, 4) is 0 Å². The number of carbonyl (C=O) groups is 1. The Labute approximate surface area is 427 Å². The predicted molar refractivity (Wildman–Crippen MR) is 285 cm³/mol. The first kappa shape index (κ1) is 66.1. The Hall–Kier alpha value is -1.94. The summed E-state index contributed by atoms with van der Waals surface area (Å²) in [6.07, 6.45) is 51.4. The first-order chi connectivity index (χ1) is 34.1. The first-order valence-corrected chi connectivity index (χ1v) is 29.8. The molecule has 0 radical (unpaired) electrons. The lowest BCUT2D eigenvalue weighted by Gasteiger charge is -2.41. The van der Waals surface area contributed by atoms with Gasteiger partial charge in [0.15, 0.2) is 6.29 Å². The molecule has 1 saturated heterocycles. The minimum atomic E-state index is -5.07. The number of hydrogen-bond acceptors (Lipinski definition) is 11. The number of rotatable bonds is 50. The van der Waals surface area contributed by atoms with Crippen LogP contribution in [0.3, 0.4) is 0 Å². The maximum atomic E-state index is 12.9. The number of unbranched alkanes of at least 4 members (excludes halogenated alkanes) is 29. The smallest absolute Gasteiger partial charge is 0.397 e. The van der Waals surface area contributed by atoms with Gasteiger partial charge in [-0.25, -0.2) is 4.18 Å². The van der Waals surface area contributed by atoms with Gasteiger partial charge in [-0.3, -0.25) is 9.35 Å². The molecular formula is C57H104O12S. The second-order valence-electron chi connectivity index (χ2n) is 19.5. The van der Waals surface area contributed by atoms with Crippen LogP contribution in [-0.2, 0) is 38.3 Å². The fourth-order valence-electron chi connectivity index (χ4n) is 8.62. The third-order valence-corrected chi connectivity index (χ3v) is 13.4. The van der Waals surface area contributed by atoms with E-state index in [0.717, 1.165) is 57.8 Å². The van der Waals surface area contributed by atoms with Gasteiger partial charge in [-0.15, -0.1) is 0 Å². The molecule has 6 unspecified atom stereocenters. The monoisotopic (exact) mass is 1010 g/mol. The van der Waals surface area contributed by atoms with Crippen molar-refractivity contribution in [2.45, 2.75) is 282 Å². The van der Waals surface area contributed by atoms with E-state index in [1.54, 1.807) is 0 Å². The largest absolute Gasteiger partial charge is 0.457 e. The van der Waals surface area contributed by atoms with Gasteiger partial charge in [-0.1, -0.05) is 210 Å². The Bertz CT molecular complexity index is 1400. The Morgan fingerprint density at radius 2 is 0.943 bits per heavy atom. The fourth-order valence-corrected chi connectivity index (χ4v) is 9.13. The topological polar surface area (TPSA) is 178 Å². The lowest BCUT2D eigenvalue weighted by Crippen LogP contribution is -2.60. The fraction of sp³-hybridized carbons (Fsp3) is 0.842. The molecule has 0 spiro atoms. The molecule has 1 aliphatic rings. The van der Waals surface area contributed by atoms with Crippen molar-refractivity contribution < 1.29 is 56.2 Å². The van der Waals surface area contributed by atoms with Crippen molar-refractivity contribution in [3.63, 3.8) is 0 Å². The molecular weight excluding hydrogens is 909 g/mol. The Kier molecular flexibility index (Phi) is 45.3. The van der Waals surface area contributed by atoms with Crippen LogP contribution in [0.25, 0.3) is 0 Å². The average Bonchev–Trinajstić information content (AvgIpc) is 3.34. The standard InChI is InChI=1S/C57H104O12S/c1-3-5-7-9-11-13-15-17-19-21-22-23-24-25-26-27-28-29-31-33-35-37-39-41-43-45-47-65-49-51(50-66-57-55(61)56(69-70(62,63)64)54(60)52(48-58)68-57)67-53(59)46-44-42-40-38-36-34-32-30-20-18-16-14-12-10-8-6-4-2/h15,17-18,20-22,24-25,51-52,54-58,60-61H,3-14,16,19,23,26-50H2,1-2H3,(H,62,63,64)/b17-15-,20-18-,22-21-,25-24-. The van der Waals surface area contributed by atoms with E-state index in [1.807, 2.05) is 0 Å². The van der Waals surface area contributed by atoms with Crippen LogP contribution < -0.4 is 0 Å². The number of ether oxygens (including phenoxy) is 4. The van der Waals surface area contributed by atoms with Crippen LogP contribution in [0.5, 0.6) is 0 Å². The third kappa shape index (κ3) is 40.5. The number of aliphatic hydroxyl groups is 3. The molecule has 1 fully saturated rings. The van der Waals surface area contributed by atoms with Crippen LogP contribution >= 0.6 is 0 Å². The van der Waals surface area contributed by atoms with Gasteiger partial charge in [0.1, 0.15) is 30.5 Å². The molecule has 0 aromatic rings. The van der Waals surface area contributed by atoms with Crippen LogP contribution in [-0.4, -0.2) is 97.5 Å². The molecule has 0 saturated carbocycles. The van der Waals surface area contributed by atoms with Gasteiger partial charge >= 0.3 is 16.4 Å². The zero-order chi connectivity index (χ0) is 51.0. The van der Waals surface area contributed by atoms with Crippen molar-refractivity contribution >= 4 is 16.4 Å². The number of hydrogen-bond donors (Lipinski definition) is 4. The van der Waals surface area contributed by atoms with Gasteiger partial charge < -0.3 is 34.3 Å². The molecule has 0 aliphatic carbocycles. The summed E-state index contributed by atoms with van der Waals surface area (Å²) < 4.78 is 59.4. The van der Waals surface area contributed by atoms with Crippen molar-refractivity contribution in [1.29, 1.82) is 0 Å². The van der Waals surface area contributed by atoms with Crippen LogP contribution in [0, 0.1) is 0 Å². The molecule has 1 heterocycles. The summed E-state index contributed by atoms with van der Waals surface area (Å²) in [6.45, 7) is 3.99. The third-order valence-electron chi connectivity index (χ3n) is 12.9. The van der Waals surface area contributed by atoms with E-state index in [2.05, 4.69) is 66.6 Å². The van der Waals surface area contributed by atoms with E-state index in [0.29, 0.717) is 13.0 Å². The van der Waals surface area contributed by atoms with Crippen LogP contribution in [0.1, 0.15) is 245 Å². The van der Waals surface area contributed by atoms with Crippen molar-refractivity contribution in [1.82, 2.24) is 0 Å². The van der Waals surface area contributed by atoms with E-state index in [1.165, 1.54) is 161 Å². The summed E-state index contributed by atoms with van der Waals surface area (Å²) in [4.78, 5) is 12.9. The Morgan fingerprint density at radius 1 is 0.543 bits per heavy atom. The van der Waals surface area contributed by atoms with Crippen LogP contribution in [0.15, 0.2) is 48.6 Å². The number of esters is 1. The van der Waals surface area contributed by atoms with E-state index < -0.39 is 59.8 Å². The highest BCUT2D eigenvalue weighted by Crippen LogP contribution is 2.26. The van der Waals surface area contributed by atoms with Crippen LogP contribution in [0.2, 0.25) is 0 Å². The molecule has 12 nitrogen and oxygen atoms in total. The quantitative estimate of drug-likeness (QED) is 0.0196. The molecule has 70 heavy (non-hydrogen) atoms. The molecule has 0 bridgehead atoms. The highest BCUT2D eigenvalue weighted by molar-refractivity contribution is 7.80. The van der Waals surface area contributed by atoms with E-state index in [-0.39, 0.29) is 19.6 Å². The molecule has 13 heteroatoms. The van der Waals surface area contributed by atoms with Gasteiger partial charge in [0.05, 0.1) is 19.8 Å². The minimum Gasteiger partial charge on any atom is -0.457 e. The molecule has 410 valence electrons. The first-order valence-electron chi connectivity index (χ1n) is 28.4. The molecule has 1 aliphatic heterocycles. The molecule has 1 rings (SSSR count). The minimum absolute atomic E-state index is 0.0326. The summed E-state index contributed by atoms with van der Waals surface area (Å²) in [5.74, 6) is -0.403. The lowest BCUT2D eigenvalue weighted by molar-refractivity contribution is -0.301. The predicted octanol–water partition coefficient (Wildman–Crippen LogP) is 13.9. The summed E-state index contributed by atoms with van der Waals surface area (Å²) >= 11 is 0. The maximum absolute atomic E-state index is 12.9. The van der Waals surface area contributed by atoms with Gasteiger partial charge in [0, 0.05) is 13.0 Å². The zero-order valence-corrected chi connectivity index (χ0v) is 45.1. The zero-order valence-electron chi connectivity index (χ0n) is 44.3. The molecule has 0 aromatic carbocycles. The highest BCUT2D eigenvalue weighted by Gasteiger charge is 2.48. The average molecular weight is 1010 g/mol. The number of carbonyl (C=O) groups excluding carboxylic acids is 1. The van der Waals surface area contributed by atoms with Crippen molar-refractivity contribution in [2.24, 2.45) is 0 Å². The molecule has 4 N–H and O–H groups in total. The van der Waals surface area contributed by atoms with Gasteiger partial charge in [0.25, 0.3) is 0 Å². The summed E-state index contributed by atoms with van der Waals surface area (Å²) in [5, 5.41) is 30.8. The normalized spacial score (nSPS) is 19.4. The SMILES string of the molecule is CCCCCCC/C=C\C/C=C\C/C=C\CCCCCCCCCCCCCOCC(COC1OC(CO)C(O)C(OS(=O)(=O)O)C1O)OC(=O)CCCCCCCCC/C=C\CCCCCCCC. The van der Waals surface area contributed by atoms with E-state index in [4.69, 9.17) is 18.9 Å². The molecule has 0 amide bonds. The highest BCUT2D eigenvalue weighted by atomic mass is 32.3. The van der Waals surface area contributed by atoms with Crippen LogP contribution in [0.4, 0.5) is 0 Å². The van der Waals surface area contributed by atoms with E-state index in [9.17, 15) is 33.1 Å². The van der Waals surface area contributed by atoms with Gasteiger partial charge in [-0.2, -0.15) is 8.42 Å². The van der Waals surface area contributed by atoms with Gasteiger partial charge in [-0.05, 0) is 77.0 Å². The van der Waals surface area contributed by atoms with E-state index >= 15 is 0 Å². The summed E-state index contributed by atoms with van der Waals surface area (Å²) in [6, 6.07) is 0. The van der Waals surface area contributed by atoms with Crippen molar-refractivity contribution in [2.75, 3.05) is 26.4 Å². The van der Waals surface area contributed by atoms with Gasteiger partial charge in [0.2, 0.25) is 0 Å². The maximum Gasteiger partial charge on any atom is 0.397 e.